The number of hydrazone groups is 1. The Morgan fingerprint density at radius 3 is 2.66 bits per heavy atom. The predicted molar refractivity (Wildman–Crippen MR) is 106 cm³/mol. The lowest BCUT2D eigenvalue weighted by Crippen LogP contribution is -2.16. The number of hydrogen-bond acceptors (Lipinski definition) is 5. The Kier molecular flexibility index (Phi) is 5.06. The SMILES string of the molecule is FC(F)(F)Oc1ccc(-c2onc3c2CCc2cc(/C=N/NC=S)ccc2-3)cc1. The lowest BCUT2D eigenvalue weighted by molar-refractivity contribution is -0.274. The number of nitrogens with zero attached hydrogens (tertiary/aromatic N) is 2. The number of halogens is 3. The van der Waals surface area contributed by atoms with E-state index in [1.165, 1.54) is 29.8 Å². The second kappa shape index (κ2) is 7.67. The van der Waals surface area contributed by atoms with Crippen molar-refractivity contribution in [2.45, 2.75) is 19.2 Å². The average molecular weight is 417 g/mol. The van der Waals surface area contributed by atoms with Crippen LogP contribution in [0.3, 0.4) is 0 Å². The molecule has 1 N–H and O–H groups in total. The molecule has 148 valence electrons. The summed E-state index contributed by atoms with van der Waals surface area (Å²) in [5.41, 5.74) is 9.26. The first-order valence-electron chi connectivity index (χ1n) is 8.65. The quantitative estimate of drug-likeness (QED) is 0.364. The minimum atomic E-state index is -4.72. The van der Waals surface area contributed by atoms with Crippen molar-refractivity contribution in [3.63, 3.8) is 0 Å². The number of thiocarbonyl (C=S) groups is 1. The fourth-order valence-electron chi connectivity index (χ4n) is 3.32. The third-order valence-corrected chi connectivity index (χ3v) is 4.61. The Morgan fingerprint density at radius 1 is 1.14 bits per heavy atom. The molecule has 2 aromatic carbocycles. The second-order valence-electron chi connectivity index (χ2n) is 6.33. The van der Waals surface area contributed by atoms with E-state index < -0.39 is 6.36 Å². The van der Waals surface area contributed by atoms with Crippen molar-refractivity contribution in [1.29, 1.82) is 0 Å². The van der Waals surface area contributed by atoms with Crippen LogP contribution in [0.1, 0.15) is 16.7 Å². The highest BCUT2D eigenvalue weighted by Gasteiger charge is 2.31. The maximum absolute atomic E-state index is 12.3. The molecule has 0 aliphatic heterocycles. The van der Waals surface area contributed by atoms with Gasteiger partial charge in [-0.1, -0.05) is 29.5 Å². The van der Waals surface area contributed by atoms with Gasteiger partial charge in [0.15, 0.2) is 5.76 Å². The van der Waals surface area contributed by atoms with Crippen molar-refractivity contribution < 1.29 is 22.4 Å². The summed E-state index contributed by atoms with van der Waals surface area (Å²) in [5.74, 6) is 0.275. The number of fused-ring (bicyclic) bond motifs is 3. The van der Waals surface area contributed by atoms with E-state index in [-0.39, 0.29) is 5.75 Å². The molecule has 0 saturated carbocycles. The Hall–Kier alpha value is -3.20. The number of aryl methyl sites for hydroxylation is 1. The monoisotopic (exact) mass is 417 g/mol. The Labute approximate surface area is 169 Å². The van der Waals surface area contributed by atoms with Crippen LogP contribution in [0.15, 0.2) is 52.1 Å². The molecular weight excluding hydrogens is 403 g/mol. The number of hydrogen-bond donors (Lipinski definition) is 1. The number of nitrogens with one attached hydrogen (secondary N) is 1. The Morgan fingerprint density at radius 2 is 1.93 bits per heavy atom. The first kappa shape index (κ1) is 19.1. The summed E-state index contributed by atoms with van der Waals surface area (Å²) in [6, 6.07) is 11.5. The molecule has 1 aliphatic rings. The van der Waals surface area contributed by atoms with Gasteiger partial charge < -0.3 is 9.26 Å². The maximum atomic E-state index is 12.3. The molecule has 0 amide bonds. The van der Waals surface area contributed by atoms with E-state index in [2.05, 4.69) is 32.6 Å². The standard InChI is InChI=1S/C20H14F3N3O2S/c21-20(22,23)27-15-5-2-13(3-6-15)19-17-8-4-14-9-12(10-24-25-11-29)1-7-16(14)18(17)26-28-19/h1-3,5-7,9-11H,4,8H2,(H,25,29)/b24-10+. The number of alkyl halides is 3. The first-order valence-corrected chi connectivity index (χ1v) is 9.12. The summed E-state index contributed by atoms with van der Waals surface area (Å²) in [7, 11) is 0. The molecule has 1 heterocycles. The van der Waals surface area contributed by atoms with E-state index in [0.717, 1.165) is 34.4 Å². The van der Waals surface area contributed by atoms with Crippen molar-refractivity contribution in [2.75, 3.05) is 0 Å². The summed E-state index contributed by atoms with van der Waals surface area (Å²) in [6.07, 6.45) is -1.55. The van der Waals surface area contributed by atoms with Gasteiger partial charge >= 0.3 is 6.36 Å². The normalized spacial score (nSPS) is 13.1. The van der Waals surface area contributed by atoms with Crippen LogP contribution in [0, 0.1) is 0 Å². The van der Waals surface area contributed by atoms with Crippen LogP contribution >= 0.6 is 12.2 Å². The molecule has 0 spiro atoms. The van der Waals surface area contributed by atoms with Crippen LogP contribution < -0.4 is 10.2 Å². The third kappa shape index (κ3) is 4.14. The Bertz CT molecular complexity index is 1080. The molecule has 0 bridgehead atoms. The van der Waals surface area contributed by atoms with Gasteiger partial charge in [-0.3, -0.25) is 5.43 Å². The van der Waals surface area contributed by atoms with E-state index in [0.29, 0.717) is 17.7 Å². The second-order valence-corrected chi connectivity index (χ2v) is 6.57. The minimum Gasteiger partial charge on any atom is -0.406 e. The van der Waals surface area contributed by atoms with Crippen LogP contribution in [0.4, 0.5) is 13.2 Å². The lowest BCUT2D eigenvalue weighted by atomic mass is 9.87. The number of benzene rings is 2. The van der Waals surface area contributed by atoms with Crippen LogP contribution in [-0.4, -0.2) is 23.2 Å². The highest BCUT2D eigenvalue weighted by Crippen LogP contribution is 2.39. The van der Waals surface area contributed by atoms with Crippen molar-refractivity contribution in [1.82, 2.24) is 10.6 Å². The zero-order valence-corrected chi connectivity index (χ0v) is 15.7. The van der Waals surface area contributed by atoms with E-state index in [9.17, 15) is 13.2 Å². The van der Waals surface area contributed by atoms with Gasteiger partial charge in [0.1, 0.15) is 11.4 Å². The maximum Gasteiger partial charge on any atom is 0.573 e. The molecule has 0 fully saturated rings. The topological polar surface area (TPSA) is 59.7 Å². The van der Waals surface area contributed by atoms with Crippen molar-refractivity contribution in [3.05, 3.63) is 59.2 Å². The van der Waals surface area contributed by atoms with E-state index in [4.69, 9.17) is 4.52 Å². The summed E-state index contributed by atoms with van der Waals surface area (Å²) in [5, 5.41) is 8.19. The van der Waals surface area contributed by atoms with Crippen molar-refractivity contribution in [2.24, 2.45) is 5.10 Å². The summed E-state index contributed by atoms with van der Waals surface area (Å²) >= 11 is 4.66. The first-order chi connectivity index (χ1) is 13.9. The van der Waals surface area contributed by atoms with E-state index in [1.54, 1.807) is 6.21 Å². The molecule has 3 aromatic rings. The number of rotatable bonds is 5. The lowest BCUT2D eigenvalue weighted by Gasteiger charge is -2.15. The smallest absolute Gasteiger partial charge is 0.406 e. The number of aromatic nitrogens is 1. The van der Waals surface area contributed by atoms with Gasteiger partial charge in [0.05, 0.1) is 11.7 Å². The molecule has 29 heavy (non-hydrogen) atoms. The van der Waals surface area contributed by atoms with Gasteiger partial charge in [0, 0.05) is 16.7 Å². The molecule has 5 nitrogen and oxygen atoms in total. The summed E-state index contributed by atoms with van der Waals surface area (Å²) < 4.78 is 46.4. The fourth-order valence-corrected chi connectivity index (χ4v) is 3.38. The van der Waals surface area contributed by atoms with Crippen LogP contribution in [0.2, 0.25) is 0 Å². The highest BCUT2D eigenvalue weighted by atomic mass is 32.1. The molecule has 4 rings (SSSR count). The summed E-state index contributed by atoms with van der Waals surface area (Å²) in [6.45, 7) is 0. The predicted octanol–water partition coefficient (Wildman–Crippen LogP) is 4.89. The molecule has 0 unspecified atom stereocenters. The average Bonchev–Trinajstić information content (AvgIpc) is 3.12. The van der Waals surface area contributed by atoms with Gasteiger partial charge in [0.25, 0.3) is 0 Å². The zero-order chi connectivity index (χ0) is 20.4. The van der Waals surface area contributed by atoms with Gasteiger partial charge in [0.2, 0.25) is 0 Å². The van der Waals surface area contributed by atoms with E-state index in [1.807, 2.05) is 18.2 Å². The molecular formula is C20H14F3N3O2S. The molecule has 9 heteroatoms. The van der Waals surface area contributed by atoms with Gasteiger partial charge in [-0.25, -0.2) is 0 Å². The van der Waals surface area contributed by atoms with E-state index >= 15 is 0 Å². The van der Waals surface area contributed by atoms with Gasteiger partial charge in [-0.15, -0.1) is 13.2 Å². The highest BCUT2D eigenvalue weighted by molar-refractivity contribution is 7.78. The largest absolute Gasteiger partial charge is 0.573 e. The van der Waals surface area contributed by atoms with Gasteiger partial charge in [-0.05, 0) is 54.3 Å². The summed E-state index contributed by atoms with van der Waals surface area (Å²) in [4.78, 5) is 0. The molecule has 0 radical (unpaired) electrons. The van der Waals surface area contributed by atoms with Crippen LogP contribution in [0.25, 0.3) is 22.6 Å². The molecule has 1 aromatic heterocycles. The minimum absolute atomic E-state index is 0.280. The van der Waals surface area contributed by atoms with Crippen molar-refractivity contribution in [3.8, 4) is 28.3 Å². The van der Waals surface area contributed by atoms with Crippen LogP contribution in [-0.2, 0) is 12.8 Å². The third-order valence-electron chi connectivity index (χ3n) is 4.51. The van der Waals surface area contributed by atoms with Crippen LogP contribution in [0.5, 0.6) is 5.75 Å². The van der Waals surface area contributed by atoms with Crippen molar-refractivity contribution >= 4 is 23.9 Å². The Balaban J connectivity index is 1.62. The fraction of sp³-hybridized carbons (Fsp3) is 0.150. The molecule has 0 saturated heterocycles. The van der Waals surface area contributed by atoms with Gasteiger partial charge in [-0.2, -0.15) is 5.10 Å². The molecule has 0 atom stereocenters. The number of ether oxygens (including phenoxy) is 1. The molecule has 1 aliphatic carbocycles. The zero-order valence-electron chi connectivity index (χ0n) is 14.9.